The molecular formula is C17H19N5O3. The lowest BCUT2D eigenvalue weighted by molar-refractivity contribution is 0.0995. The maximum Gasteiger partial charge on any atom is 0.415 e. The molecule has 3 rings (SSSR count). The van der Waals surface area contributed by atoms with Gasteiger partial charge in [-0.15, -0.1) is 0 Å². The fourth-order valence-corrected chi connectivity index (χ4v) is 2.70. The highest BCUT2D eigenvalue weighted by Gasteiger charge is 2.24. The number of amides is 2. The van der Waals surface area contributed by atoms with Crippen LogP contribution in [0, 0.1) is 0 Å². The predicted molar refractivity (Wildman–Crippen MR) is 91.4 cm³/mol. The maximum absolute atomic E-state index is 12.3. The predicted octanol–water partition coefficient (Wildman–Crippen LogP) is 1.29. The molecule has 25 heavy (non-hydrogen) atoms. The van der Waals surface area contributed by atoms with Crippen LogP contribution in [0.15, 0.2) is 42.7 Å². The van der Waals surface area contributed by atoms with E-state index >= 15 is 0 Å². The van der Waals surface area contributed by atoms with Crippen molar-refractivity contribution in [3.63, 3.8) is 0 Å². The van der Waals surface area contributed by atoms with Gasteiger partial charge in [0.05, 0.1) is 0 Å². The average molecular weight is 341 g/mol. The Morgan fingerprint density at radius 1 is 1.00 bits per heavy atom. The monoisotopic (exact) mass is 341 g/mol. The molecule has 0 saturated carbocycles. The van der Waals surface area contributed by atoms with Gasteiger partial charge >= 0.3 is 6.09 Å². The highest BCUT2D eigenvalue weighted by molar-refractivity contribution is 5.95. The molecule has 0 radical (unpaired) electrons. The van der Waals surface area contributed by atoms with E-state index in [-0.39, 0.29) is 11.8 Å². The molecule has 1 aliphatic heterocycles. The van der Waals surface area contributed by atoms with E-state index < -0.39 is 5.91 Å². The molecule has 0 atom stereocenters. The van der Waals surface area contributed by atoms with Gasteiger partial charge in [0.1, 0.15) is 5.75 Å². The minimum absolute atomic E-state index is 0.141. The highest BCUT2D eigenvalue weighted by Crippen LogP contribution is 2.18. The van der Waals surface area contributed by atoms with Gasteiger partial charge in [-0.05, 0) is 18.6 Å². The molecule has 0 spiro atoms. The number of nitrogens with zero attached hydrogens (tertiary/aromatic N) is 4. The first-order valence-corrected chi connectivity index (χ1v) is 8.02. The highest BCUT2D eigenvalue weighted by atomic mass is 16.6. The van der Waals surface area contributed by atoms with Gasteiger partial charge in [0.25, 0.3) is 5.91 Å². The number of carbonyl (C=O) groups is 2. The molecule has 1 saturated heterocycles. The Morgan fingerprint density at radius 2 is 1.76 bits per heavy atom. The lowest BCUT2D eigenvalue weighted by Gasteiger charge is -2.23. The molecule has 8 nitrogen and oxygen atoms in total. The van der Waals surface area contributed by atoms with Crippen LogP contribution in [0.3, 0.4) is 0 Å². The second kappa shape index (κ2) is 7.61. The maximum atomic E-state index is 12.3. The fourth-order valence-electron chi connectivity index (χ4n) is 2.70. The van der Waals surface area contributed by atoms with Crippen molar-refractivity contribution in [2.45, 2.75) is 6.42 Å². The van der Waals surface area contributed by atoms with Crippen molar-refractivity contribution in [2.24, 2.45) is 5.73 Å². The lowest BCUT2D eigenvalue weighted by atomic mass is 10.3. The molecule has 0 bridgehead atoms. The Hall–Kier alpha value is -3.16. The lowest BCUT2D eigenvalue weighted by Crippen LogP contribution is -2.37. The van der Waals surface area contributed by atoms with Gasteiger partial charge in [-0.2, -0.15) is 0 Å². The van der Waals surface area contributed by atoms with Gasteiger partial charge in [-0.1, -0.05) is 18.2 Å². The van der Waals surface area contributed by atoms with Gasteiger partial charge in [0, 0.05) is 38.6 Å². The SMILES string of the molecule is NC(=O)c1nccnc1N1CCCN(C(=O)Oc2ccccc2)CC1. The first-order valence-electron chi connectivity index (χ1n) is 8.02. The Morgan fingerprint density at radius 3 is 2.52 bits per heavy atom. The topological polar surface area (TPSA) is 102 Å². The van der Waals surface area contributed by atoms with Crippen molar-refractivity contribution < 1.29 is 14.3 Å². The van der Waals surface area contributed by atoms with Crippen LogP contribution in [0.25, 0.3) is 0 Å². The Bertz CT molecular complexity index is 753. The van der Waals surface area contributed by atoms with Gasteiger partial charge in [0.15, 0.2) is 11.5 Å². The number of aromatic nitrogens is 2. The van der Waals surface area contributed by atoms with E-state index in [1.807, 2.05) is 23.1 Å². The van der Waals surface area contributed by atoms with Crippen molar-refractivity contribution >= 4 is 17.8 Å². The number of carbonyl (C=O) groups excluding carboxylic acids is 2. The molecule has 2 amide bonds. The molecule has 1 aromatic carbocycles. The summed E-state index contributed by atoms with van der Waals surface area (Å²) in [6.45, 7) is 2.19. The number of rotatable bonds is 3. The molecule has 0 aliphatic carbocycles. The van der Waals surface area contributed by atoms with E-state index in [1.165, 1.54) is 12.4 Å². The number of para-hydroxylation sites is 1. The number of hydrogen-bond donors (Lipinski definition) is 1. The summed E-state index contributed by atoms with van der Waals surface area (Å²) in [5, 5.41) is 0. The van der Waals surface area contributed by atoms with Crippen molar-refractivity contribution in [3.8, 4) is 5.75 Å². The van der Waals surface area contributed by atoms with Crippen molar-refractivity contribution in [1.29, 1.82) is 0 Å². The minimum atomic E-state index is -0.618. The number of anilines is 1. The number of nitrogens with two attached hydrogens (primary N) is 1. The number of hydrogen-bond acceptors (Lipinski definition) is 6. The van der Waals surface area contributed by atoms with E-state index in [9.17, 15) is 9.59 Å². The van der Waals surface area contributed by atoms with Gasteiger partial charge < -0.3 is 20.3 Å². The molecule has 1 aromatic heterocycles. The molecule has 0 unspecified atom stereocenters. The smallest absolute Gasteiger partial charge is 0.410 e. The number of ether oxygens (including phenoxy) is 1. The number of benzene rings is 1. The summed E-state index contributed by atoms with van der Waals surface area (Å²) < 4.78 is 5.38. The molecular weight excluding hydrogens is 322 g/mol. The summed E-state index contributed by atoms with van der Waals surface area (Å²) in [4.78, 5) is 35.7. The van der Waals surface area contributed by atoms with E-state index in [2.05, 4.69) is 9.97 Å². The van der Waals surface area contributed by atoms with Crippen molar-refractivity contribution in [1.82, 2.24) is 14.9 Å². The van der Waals surface area contributed by atoms with Crippen LogP contribution in [0.1, 0.15) is 16.9 Å². The van der Waals surface area contributed by atoms with Crippen LogP contribution in [-0.2, 0) is 0 Å². The summed E-state index contributed by atoms with van der Waals surface area (Å²) in [7, 11) is 0. The molecule has 2 heterocycles. The molecule has 2 N–H and O–H groups in total. The largest absolute Gasteiger partial charge is 0.415 e. The first-order chi connectivity index (χ1) is 12.1. The summed E-state index contributed by atoms with van der Waals surface area (Å²) in [6, 6.07) is 8.96. The fraction of sp³-hybridized carbons (Fsp3) is 0.294. The van der Waals surface area contributed by atoms with Crippen LogP contribution >= 0.6 is 0 Å². The molecule has 1 aliphatic rings. The molecule has 1 fully saturated rings. The summed E-state index contributed by atoms with van der Waals surface area (Å²) in [6.07, 6.45) is 3.29. The standard InChI is InChI=1S/C17H19N5O3/c18-15(23)14-16(20-8-7-19-14)21-9-4-10-22(12-11-21)17(24)25-13-5-2-1-3-6-13/h1-3,5-8H,4,9-12H2,(H2,18,23). The van der Waals surface area contributed by atoms with Crippen LogP contribution in [0.2, 0.25) is 0 Å². The molecule has 130 valence electrons. The Kier molecular flexibility index (Phi) is 5.08. The quantitative estimate of drug-likeness (QED) is 0.902. The van der Waals surface area contributed by atoms with E-state index in [1.54, 1.807) is 17.0 Å². The number of primary amides is 1. The zero-order valence-corrected chi connectivity index (χ0v) is 13.7. The average Bonchev–Trinajstić information content (AvgIpc) is 2.88. The van der Waals surface area contributed by atoms with Crippen LogP contribution in [0.4, 0.5) is 10.6 Å². The summed E-state index contributed by atoms with van der Waals surface area (Å²) in [5.74, 6) is 0.347. The normalized spacial score (nSPS) is 14.7. The van der Waals surface area contributed by atoms with E-state index in [4.69, 9.17) is 10.5 Å². The van der Waals surface area contributed by atoms with Crippen LogP contribution < -0.4 is 15.4 Å². The summed E-state index contributed by atoms with van der Waals surface area (Å²) in [5.41, 5.74) is 5.51. The van der Waals surface area contributed by atoms with Crippen molar-refractivity contribution in [2.75, 3.05) is 31.1 Å². The third kappa shape index (κ3) is 4.03. The van der Waals surface area contributed by atoms with Crippen molar-refractivity contribution in [3.05, 3.63) is 48.4 Å². The van der Waals surface area contributed by atoms with Gasteiger partial charge in [-0.25, -0.2) is 14.8 Å². The van der Waals surface area contributed by atoms with E-state index in [0.29, 0.717) is 37.7 Å². The molecule has 8 heteroatoms. The van der Waals surface area contributed by atoms with Gasteiger partial charge in [-0.3, -0.25) is 4.79 Å². The second-order valence-electron chi connectivity index (χ2n) is 5.60. The second-order valence-corrected chi connectivity index (χ2v) is 5.60. The summed E-state index contributed by atoms with van der Waals surface area (Å²) >= 11 is 0. The Balaban J connectivity index is 1.66. The minimum Gasteiger partial charge on any atom is -0.410 e. The van der Waals surface area contributed by atoms with Crippen LogP contribution in [-0.4, -0.2) is 53.0 Å². The first kappa shape index (κ1) is 16.7. The third-order valence-electron chi connectivity index (χ3n) is 3.91. The third-order valence-corrected chi connectivity index (χ3v) is 3.91. The van der Waals surface area contributed by atoms with Crippen LogP contribution in [0.5, 0.6) is 5.75 Å². The zero-order chi connectivity index (χ0) is 17.6. The Labute approximate surface area is 145 Å². The molecule has 2 aromatic rings. The van der Waals surface area contributed by atoms with Gasteiger partial charge in [0.2, 0.25) is 0 Å². The zero-order valence-electron chi connectivity index (χ0n) is 13.7. The van der Waals surface area contributed by atoms with E-state index in [0.717, 1.165) is 6.42 Å².